The Morgan fingerprint density at radius 2 is 1.81 bits per heavy atom. The number of benzene rings is 1. The summed E-state index contributed by atoms with van der Waals surface area (Å²) in [5.41, 5.74) is 4.09. The Kier molecular flexibility index (Phi) is 5.40. The molecule has 3 heteroatoms. The number of nitrogens with zero attached hydrogens (tertiary/aromatic N) is 2. The molecule has 0 spiro atoms. The fourth-order valence-electron chi connectivity index (χ4n) is 2.85. The first kappa shape index (κ1) is 16.0. The molecule has 0 bridgehead atoms. The van der Waals surface area contributed by atoms with E-state index in [9.17, 15) is 4.79 Å². The van der Waals surface area contributed by atoms with Crippen molar-refractivity contribution < 1.29 is 4.79 Å². The molecule has 1 aliphatic rings. The SMILES string of the molecule is Cc1ccc(C)c(CN2CCN(C(=O)CC(C)C)CC2)c1. The first-order valence-corrected chi connectivity index (χ1v) is 8.02. The maximum Gasteiger partial charge on any atom is 0.222 e. The van der Waals surface area contributed by atoms with Crippen molar-refractivity contribution in [2.75, 3.05) is 26.2 Å². The number of carbonyl (C=O) groups excluding carboxylic acids is 1. The zero-order valence-corrected chi connectivity index (χ0v) is 13.9. The van der Waals surface area contributed by atoms with Gasteiger partial charge in [0.2, 0.25) is 5.91 Å². The minimum Gasteiger partial charge on any atom is -0.340 e. The molecule has 0 unspecified atom stereocenters. The monoisotopic (exact) mass is 288 g/mol. The van der Waals surface area contributed by atoms with Gasteiger partial charge >= 0.3 is 0 Å². The smallest absolute Gasteiger partial charge is 0.222 e. The molecular weight excluding hydrogens is 260 g/mol. The maximum absolute atomic E-state index is 12.1. The molecule has 1 heterocycles. The van der Waals surface area contributed by atoms with E-state index in [0.717, 1.165) is 32.7 Å². The van der Waals surface area contributed by atoms with Gasteiger partial charge in [-0.2, -0.15) is 0 Å². The highest BCUT2D eigenvalue weighted by Crippen LogP contribution is 2.15. The second-order valence-corrected chi connectivity index (χ2v) is 6.68. The second kappa shape index (κ2) is 7.08. The van der Waals surface area contributed by atoms with Crippen molar-refractivity contribution in [1.82, 2.24) is 9.80 Å². The molecule has 21 heavy (non-hydrogen) atoms. The minimum absolute atomic E-state index is 0.316. The molecule has 1 amide bonds. The van der Waals surface area contributed by atoms with Crippen LogP contribution in [0.15, 0.2) is 18.2 Å². The molecule has 116 valence electrons. The maximum atomic E-state index is 12.1. The number of amides is 1. The molecule has 0 aromatic heterocycles. The Hall–Kier alpha value is -1.35. The van der Waals surface area contributed by atoms with Gasteiger partial charge in [0.15, 0.2) is 0 Å². The van der Waals surface area contributed by atoms with Gasteiger partial charge in [-0.25, -0.2) is 0 Å². The average molecular weight is 288 g/mol. The van der Waals surface area contributed by atoms with Crippen LogP contribution in [0.4, 0.5) is 0 Å². The van der Waals surface area contributed by atoms with Crippen molar-refractivity contribution >= 4 is 5.91 Å². The Labute approximate surface area is 128 Å². The summed E-state index contributed by atoms with van der Waals surface area (Å²) in [4.78, 5) is 16.6. The largest absolute Gasteiger partial charge is 0.340 e. The zero-order chi connectivity index (χ0) is 15.4. The molecule has 3 nitrogen and oxygen atoms in total. The minimum atomic E-state index is 0.316. The van der Waals surface area contributed by atoms with E-state index < -0.39 is 0 Å². The molecule has 0 radical (unpaired) electrons. The summed E-state index contributed by atoms with van der Waals surface area (Å²) < 4.78 is 0. The predicted molar refractivity (Wildman–Crippen MR) is 87.2 cm³/mol. The zero-order valence-electron chi connectivity index (χ0n) is 13.9. The molecular formula is C18H28N2O. The Balaban J connectivity index is 1.87. The number of rotatable bonds is 4. The third kappa shape index (κ3) is 4.57. The molecule has 1 aromatic carbocycles. The highest BCUT2D eigenvalue weighted by molar-refractivity contribution is 5.76. The fourth-order valence-corrected chi connectivity index (χ4v) is 2.85. The van der Waals surface area contributed by atoms with E-state index in [-0.39, 0.29) is 0 Å². The third-order valence-electron chi connectivity index (χ3n) is 4.21. The number of piperazine rings is 1. The highest BCUT2D eigenvalue weighted by Gasteiger charge is 2.21. The Morgan fingerprint density at radius 1 is 1.14 bits per heavy atom. The van der Waals surface area contributed by atoms with Crippen LogP contribution in [0.1, 0.15) is 37.0 Å². The summed E-state index contributed by atoms with van der Waals surface area (Å²) >= 11 is 0. The van der Waals surface area contributed by atoms with Crippen LogP contribution in [0.5, 0.6) is 0 Å². The summed E-state index contributed by atoms with van der Waals surface area (Å²) in [5, 5.41) is 0. The third-order valence-corrected chi connectivity index (χ3v) is 4.21. The van der Waals surface area contributed by atoms with Gasteiger partial charge < -0.3 is 4.90 Å². The number of hydrogen-bond donors (Lipinski definition) is 0. The summed E-state index contributed by atoms with van der Waals surface area (Å²) in [5.74, 6) is 0.766. The molecule has 1 aliphatic heterocycles. The topological polar surface area (TPSA) is 23.6 Å². The molecule has 0 aliphatic carbocycles. The van der Waals surface area contributed by atoms with Crippen molar-refractivity contribution in [1.29, 1.82) is 0 Å². The van der Waals surface area contributed by atoms with Gasteiger partial charge in [-0.3, -0.25) is 9.69 Å². The van der Waals surface area contributed by atoms with Crippen LogP contribution in [0.25, 0.3) is 0 Å². The molecule has 1 fully saturated rings. The first-order valence-electron chi connectivity index (χ1n) is 8.02. The first-order chi connectivity index (χ1) is 9.95. The van der Waals surface area contributed by atoms with E-state index in [1.54, 1.807) is 0 Å². The van der Waals surface area contributed by atoms with Crippen molar-refractivity contribution in [3.05, 3.63) is 34.9 Å². The standard InChI is InChI=1S/C18H28N2O/c1-14(2)11-18(21)20-9-7-19(8-10-20)13-17-12-15(3)5-6-16(17)4/h5-6,12,14H,7-11,13H2,1-4H3. The van der Waals surface area contributed by atoms with Gasteiger partial charge in [0.05, 0.1) is 0 Å². The van der Waals surface area contributed by atoms with Crippen molar-refractivity contribution in [3.8, 4) is 0 Å². The normalized spacial score (nSPS) is 16.5. The van der Waals surface area contributed by atoms with E-state index in [4.69, 9.17) is 0 Å². The summed E-state index contributed by atoms with van der Waals surface area (Å²) in [6.07, 6.45) is 0.678. The quantitative estimate of drug-likeness (QED) is 0.850. The highest BCUT2D eigenvalue weighted by atomic mass is 16.2. The lowest BCUT2D eigenvalue weighted by Gasteiger charge is -2.35. The van der Waals surface area contributed by atoms with Crippen LogP contribution in [-0.2, 0) is 11.3 Å². The molecule has 1 aromatic rings. The number of hydrogen-bond acceptors (Lipinski definition) is 2. The van der Waals surface area contributed by atoms with E-state index >= 15 is 0 Å². The lowest BCUT2D eigenvalue weighted by molar-refractivity contribution is -0.133. The molecule has 0 N–H and O–H groups in total. The van der Waals surface area contributed by atoms with E-state index in [1.165, 1.54) is 16.7 Å². The van der Waals surface area contributed by atoms with Crippen LogP contribution in [0, 0.1) is 19.8 Å². The van der Waals surface area contributed by atoms with Crippen molar-refractivity contribution in [2.24, 2.45) is 5.92 Å². The lowest BCUT2D eigenvalue weighted by atomic mass is 10.0. The Morgan fingerprint density at radius 3 is 2.43 bits per heavy atom. The summed E-state index contributed by atoms with van der Waals surface area (Å²) in [6, 6.07) is 6.65. The molecule has 2 rings (SSSR count). The summed E-state index contributed by atoms with van der Waals surface area (Å²) in [7, 11) is 0. The van der Waals surface area contributed by atoms with E-state index in [1.807, 2.05) is 4.90 Å². The van der Waals surface area contributed by atoms with Gasteiger partial charge in [0.25, 0.3) is 0 Å². The number of aryl methyl sites for hydroxylation is 2. The fraction of sp³-hybridized carbons (Fsp3) is 0.611. The summed E-state index contributed by atoms with van der Waals surface area (Å²) in [6.45, 7) is 13.2. The van der Waals surface area contributed by atoms with Crippen LogP contribution < -0.4 is 0 Å². The van der Waals surface area contributed by atoms with Crippen LogP contribution in [0.3, 0.4) is 0 Å². The van der Waals surface area contributed by atoms with Gasteiger partial charge in [-0.05, 0) is 30.9 Å². The van der Waals surface area contributed by atoms with Gasteiger partial charge in [0.1, 0.15) is 0 Å². The van der Waals surface area contributed by atoms with E-state index in [2.05, 4.69) is 50.8 Å². The van der Waals surface area contributed by atoms with Gasteiger partial charge in [-0.1, -0.05) is 37.6 Å². The van der Waals surface area contributed by atoms with Gasteiger partial charge in [-0.15, -0.1) is 0 Å². The predicted octanol–water partition coefficient (Wildman–Crippen LogP) is 2.99. The van der Waals surface area contributed by atoms with Crippen molar-refractivity contribution in [2.45, 2.75) is 40.7 Å². The van der Waals surface area contributed by atoms with Crippen LogP contribution in [-0.4, -0.2) is 41.9 Å². The molecule has 1 saturated heterocycles. The van der Waals surface area contributed by atoms with Crippen molar-refractivity contribution in [3.63, 3.8) is 0 Å². The van der Waals surface area contributed by atoms with Gasteiger partial charge in [0, 0.05) is 39.1 Å². The second-order valence-electron chi connectivity index (χ2n) is 6.68. The van der Waals surface area contributed by atoms with E-state index in [0.29, 0.717) is 18.2 Å². The molecule has 0 saturated carbocycles. The lowest BCUT2D eigenvalue weighted by Crippen LogP contribution is -2.48. The van der Waals surface area contributed by atoms with Crippen LogP contribution in [0.2, 0.25) is 0 Å². The Bertz CT molecular complexity index is 488. The molecule has 0 atom stereocenters. The van der Waals surface area contributed by atoms with Crippen LogP contribution >= 0.6 is 0 Å². The average Bonchev–Trinajstić information content (AvgIpc) is 2.43. The number of carbonyl (C=O) groups is 1.